The molecular weight excluding hydrogens is 450 g/mol. The summed E-state index contributed by atoms with van der Waals surface area (Å²) in [5.41, 5.74) is 4.95. The molecule has 0 unspecified atom stereocenters. The smallest absolute Gasteiger partial charge is 0.240 e. The Balaban J connectivity index is 1.68. The van der Waals surface area contributed by atoms with Crippen molar-refractivity contribution in [2.75, 3.05) is 25.0 Å². The van der Waals surface area contributed by atoms with Gasteiger partial charge in [-0.15, -0.1) is 10.2 Å². The van der Waals surface area contributed by atoms with Crippen LogP contribution in [0.15, 0.2) is 47.6 Å². The van der Waals surface area contributed by atoms with E-state index in [1.165, 1.54) is 11.8 Å². The number of halogens is 1. The third-order valence-corrected chi connectivity index (χ3v) is 6.62. The van der Waals surface area contributed by atoms with Gasteiger partial charge in [-0.05, 0) is 36.2 Å². The highest BCUT2D eigenvalue weighted by molar-refractivity contribution is 8.00. The summed E-state index contributed by atoms with van der Waals surface area (Å²) in [6, 6.07) is 12.4. The van der Waals surface area contributed by atoms with Crippen LogP contribution in [0.3, 0.4) is 0 Å². The molecule has 0 saturated carbocycles. The first-order valence-corrected chi connectivity index (χ1v) is 11.5. The molecule has 0 spiro atoms. The average Bonchev–Trinajstić information content (AvgIpc) is 3.20. The van der Waals surface area contributed by atoms with Crippen LogP contribution < -0.4 is 20.2 Å². The lowest BCUT2D eigenvalue weighted by Crippen LogP contribution is -2.41. The van der Waals surface area contributed by atoms with Gasteiger partial charge in [-0.2, -0.15) is 0 Å². The maximum absolute atomic E-state index is 13.4. The summed E-state index contributed by atoms with van der Waals surface area (Å²) in [6.07, 6.45) is 1.71. The van der Waals surface area contributed by atoms with Crippen molar-refractivity contribution in [3.63, 3.8) is 0 Å². The molecule has 32 heavy (non-hydrogen) atoms. The molecule has 1 amide bonds. The quantitative estimate of drug-likeness (QED) is 0.528. The minimum atomic E-state index is -0.517. The Labute approximate surface area is 195 Å². The van der Waals surface area contributed by atoms with E-state index in [4.69, 9.17) is 21.1 Å². The number of ether oxygens (including phenoxy) is 2. The first-order valence-electron chi connectivity index (χ1n) is 10.2. The van der Waals surface area contributed by atoms with E-state index in [-0.39, 0.29) is 11.9 Å². The van der Waals surface area contributed by atoms with Crippen LogP contribution >= 0.6 is 23.4 Å². The van der Waals surface area contributed by atoms with Gasteiger partial charge in [0.05, 0.1) is 25.3 Å². The van der Waals surface area contributed by atoms with Gasteiger partial charge in [-0.1, -0.05) is 42.4 Å². The van der Waals surface area contributed by atoms with Crippen LogP contribution in [-0.2, 0) is 11.2 Å². The monoisotopic (exact) mass is 473 g/mol. The van der Waals surface area contributed by atoms with E-state index in [0.29, 0.717) is 27.4 Å². The zero-order valence-corrected chi connectivity index (χ0v) is 19.5. The lowest BCUT2D eigenvalue weighted by atomic mass is 10.0. The van der Waals surface area contributed by atoms with Gasteiger partial charge in [0.15, 0.2) is 5.82 Å². The third-order valence-electron chi connectivity index (χ3n) is 5.11. The Kier molecular flexibility index (Phi) is 6.76. The van der Waals surface area contributed by atoms with Gasteiger partial charge < -0.3 is 20.2 Å². The molecule has 0 bridgehead atoms. The molecule has 1 aromatic heterocycles. The topological polar surface area (TPSA) is 90.3 Å². The molecule has 10 heteroatoms. The van der Waals surface area contributed by atoms with Crippen molar-refractivity contribution in [3.05, 3.63) is 58.9 Å². The first kappa shape index (κ1) is 22.3. The number of methoxy groups -OCH3 is 2. The summed E-state index contributed by atoms with van der Waals surface area (Å²) in [5, 5.41) is 12.2. The van der Waals surface area contributed by atoms with Crippen molar-refractivity contribution in [3.8, 4) is 11.5 Å². The van der Waals surface area contributed by atoms with Gasteiger partial charge in [-0.25, -0.2) is 4.68 Å². The van der Waals surface area contributed by atoms with E-state index >= 15 is 0 Å². The van der Waals surface area contributed by atoms with Gasteiger partial charge in [0.25, 0.3) is 0 Å². The van der Waals surface area contributed by atoms with E-state index in [9.17, 15) is 4.79 Å². The minimum absolute atomic E-state index is 0.168. The van der Waals surface area contributed by atoms with Crippen LogP contribution in [0.5, 0.6) is 11.5 Å². The van der Waals surface area contributed by atoms with Crippen LogP contribution in [0.4, 0.5) is 5.69 Å². The highest BCUT2D eigenvalue weighted by Gasteiger charge is 2.38. The minimum Gasteiger partial charge on any atom is -0.497 e. The van der Waals surface area contributed by atoms with E-state index in [2.05, 4.69) is 27.9 Å². The standard InChI is InChI=1S/C22H24ClN5O3S/c1-4-6-18-25-26-22-28(18)27-19(13-9-10-17(31-3)16(23)11-13)20(32-22)21(29)24-14-7-5-8-15(12-14)30-2/h5,7-12,19-20,27H,4,6H2,1-3H3,(H,24,29)/t19-,20-/m1/s1. The lowest BCUT2D eigenvalue weighted by Gasteiger charge is -2.33. The van der Waals surface area contributed by atoms with E-state index in [1.807, 2.05) is 35.0 Å². The van der Waals surface area contributed by atoms with Crippen LogP contribution in [-0.4, -0.2) is 40.3 Å². The number of hydrogen-bond donors (Lipinski definition) is 2. The van der Waals surface area contributed by atoms with Gasteiger partial charge in [0.2, 0.25) is 11.1 Å². The Bertz CT molecular complexity index is 1120. The summed E-state index contributed by atoms with van der Waals surface area (Å²) in [4.78, 5) is 13.4. The predicted molar refractivity (Wildman–Crippen MR) is 125 cm³/mol. The first-order chi connectivity index (χ1) is 15.5. The Hall–Kier alpha value is -2.91. The Morgan fingerprint density at radius 1 is 1.22 bits per heavy atom. The van der Waals surface area contributed by atoms with Crippen molar-refractivity contribution in [1.29, 1.82) is 0 Å². The van der Waals surface area contributed by atoms with Crippen LogP contribution in [0.1, 0.15) is 30.8 Å². The largest absolute Gasteiger partial charge is 0.497 e. The molecule has 0 radical (unpaired) electrons. The molecule has 2 heterocycles. The summed E-state index contributed by atoms with van der Waals surface area (Å²) in [6.45, 7) is 2.09. The number of carbonyl (C=O) groups excluding carboxylic acids is 1. The summed E-state index contributed by atoms with van der Waals surface area (Å²) < 4.78 is 12.4. The molecule has 2 N–H and O–H groups in total. The van der Waals surface area contributed by atoms with Gasteiger partial charge in [0.1, 0.15) is 16.7 Å². The molecule has 1 aliphatic rings. The fourth-order valence-electron chi connectivity index (χ4n) is 3.52. The van der Waals surface area contributed by atoms with Crippen molar-refractivity contribution < 1.29 is 14.3 Å². The zero-order valence-electron chi connectivity index (χ0n) is 18.0. The number of benzene rings is 2. The van der Waals surface area contributed by atoms with Crippen molar-refractivity contribution in [1.82, 2.24) is 14.9 Å². The van der Waals surface area contributed by atoms with Gasteiger partial charge >= 0.3 is 0 Å². The summed E-state index contributed by atoms with van der Waals surface area (Å²) in [5.74, 6) is 1.90. The van der Waals surface area contributed by atoms with E-state index < -0.39 is 5.25 Å². The molecule has 4 rings (SSSR count). The number of fused-ring (bicyclic) bond motifs is 1. The van der Waals surface area contributed by atoms with Crippen molar-refractivity contribution >= 4 is 35.0 Å². The SMILES string of the molecule is CCCc1nnc2n1N[C@H](c1ccc(OC)c(Cl)c1)[C@H](C(=O)Nc1cccc(OC)c1)S2. The number of anilines is 1. The second-order valence-electron chi connectivity index (χ2n) is 7.24. The molecule has 3 aromatic rings. The maximum Gasteiger partial charge on any atom is 0.240 e. The zero-order chi connectivity index (χ0) is 22.7. The predicted octanol–water partition coefficient (Wildman–Crippen LogP) is 4.30. The molecule has 0 aliphatic carbocycles. The Morgan fingerprint density at radius 2 is 2.06 bits per heavy atom. The fourth-order valence-corrected chi connectivity index (χ4v) is 4.89. The number of carbonyl (C=O) groups is 1. The summed E-state index contributed by atoms with van der Waals surface area (Å²) in [7, 11) is 3.16. The van der Waals surface area contributed by atoms with E-state index in [1.54, 1.807) is 26.4 Å². The number of rotatable bonds is 7. The van der Waals surface area contributed by atoms with Crippen LogP contribution in [0, 0.1) is 0 Å². The highest BCUT2D eigenvalue weighted by Crippen LogP contribution is 2.39. The van der Waals surface area contributed by atoms with Crippen LogP contribution in [0.25, 0.3) is 0 Å². The second kappa shape index (κ2) is 9.70. The molecule has 168 valence electrons. The number of aromatic nitrogens is 3. The molecule has 0 fully saturated rings. The molecule has 1 aliphatic heterocycles. The molecule has 8 nitrogen and oxygen atoms in total. The van der Waals surface area contributed by atoms with Gasteiger partial charge in [0, 0.05) is 18.2 Å². The lowest BCUT2D eigenvalue weighted by molar-refractivity contribution is -0.116. The molecule has 2 aromatic carbocycles. The van der Waals surface area contributed by atoms with Crippen molar-refractivity contribution in [2.24, 2.45) is 0 Å². The number of amides is 1. The van der Waals surface area contributed by atoms with Gasteiger partial charge in [-0.3, -0.25) is 4.79 Å². The number of aryl methyl sites for hydroxylation is 1. The maximum atomic E-state index is 13.4. The third kappa shape index (κ3) is 4.49. The average molecular weight is 474 g/mol. The number of nitrogens with one attached hydrogen (secondary N) is 2. The normalized spacial score (nSPS) is 17.2. The molecule has 2 atom stereocenters. The molecular formula is C22H24ClN5O3S. The Morgan fingerprint density at radius 3 is 2.78 bits per heavy atom. The number of hydrogen-bond acceptors (Lipinski definition) is 7. The van der Waals surface area contributed by atoms with Crippen LogP contribution in [0.2, 0.25) is 5.02 Å². The highest BCUT2D eigenvalue weighted by atomic mass is 35.5. The fraction of sp³-hybridized carbons (Fsp3) is 0.318. The van der Waals surface area contributed by atoms with E-state index in [0.717, 1.165) is 24.2 Å². The number of nitrogens with zero attached hydrogens (tertiary/aromatic N) is 3. The van der Waals surface area contributed by atoms with Crippen molar-refractivity contribution in [2.45, 2.75) is 36.2 Å². The number of thioether (sulfide) groups is 1. The molecule has 0 saturated heterocycles. The second-order valence-corrected chi connectivity index (χ2v) is 8.76. The summed E-state index contributed by atoms with van der Waals surface area (Å²) >= 11 is 7.76.